The number of piperidine rings is 4. The summed E-state index contributed by atoms with van der Waals surface area (Å²) in [7, 11) is 1.61. The molecule has 0 spiro atoms. The van der Waals surface area contributed by atoms with Gasteiger partial charge in [-0.3, -0.25) is 4.79 Å². The van der Waals surface area contributed by atoms with Gasteiger partial charge in [-0.2, -0.15) is 0 Å². The predicted molar refractivity (Wildman–Crippen MR) is 128 cm³/mol. The number of anilines is 1. The van der Waals surface area contributed by atoms with Crippen LogP contribution in [0.4, 0.5) is 15.3 Å². The van der Waals surface area contributed by atoms with Gasteiger partial charge in [-0.05, 0) is 68.2 Å². The van der Waals surface area contributed by atoms with Gasteiger partial charge in [-0.1, -0.05) is 0 Å². The lowest BCUT2D eigenvalue weighted by molar-refractivity contribution is -0.144. The lowest BCUT2D eigenvalue weighted by Crippen LogP contribution is -2.62. The van der Waals surface area contributed by atoms with Gasteiger partial charge in [0.25, 0.3) is 0 Å². The summed E-state index contributed by atoms with van der Waals surface area (Å²) in [6, 6.07) is 7.46. The number of fused-ring (bicyclic) bond motifs is 4. The second-order valence-corrected chi connectivity index (χ2v) is 10.1. The number of urea groups is 2. The Hall–Kier alpha value is -2.97. The van der Waals surface area contributed by atoms with E-state index in [1.807, 2.05) is 9.80 Å². The third-order valence-corrected chi connectivity index (χ3v) is 7.90. The molecule has 4 heterocycles. The van der Waals surface area contributed by atoms with E-state index in [0.29, 0.717) is 49.0 Å². The van der Waals surface area contributed by atoms with Gasteiger partial charge in [-0.25, -0.2) is 9.59 Å². The highest BCUT2D eigenvalue weighted by Crippen LogP contribution is 2.38. The molecule has 184 valence electrons. The van der Waals surface area contributed by atoms with Gasteiger partial charge in [0.15, 0.2) is 0 Å². The molecule has 4 saturated heterocycles. The Morgan fingerprint density at radius 3 is 2.50 bits per heavy atom. The first-order valence-electron chi connectivity index (χ1n) is 12.5. The highest BCUT2D eigenvalue weighted by atomic mass is 16.5. The van der Waals surface area contributed by atoms with E-state index in [2.05, 4.69) is 15.5 Å². The first-order chi connectivity index (χ1) is 16.5. The van der Waals surface area contributed by atoms with Crippen molar-refractivity contribution >= 4 is 23.7 Å². The minimum Gasteiger partial charge on any atom is -0.497 e. The number of carbonyl (C=O) groups excluding carboxylic acids is 3. The van der Waals surface area contributed by atoms with Gasteiger partial charge in [0.05, 0.1) is 7.11 Å². The van der Waals surface area contributed by atoms with Crippen LogP contribution >= 0.6 is 0 Å². The molecule has 0 unspecified atom stereocenters. The molecule has 0 radical (unpaired) electrons. The molecular formula is C25H35N5O4. The van der Waals surface area contributed by atoms with E-state index in [4.69, 9.17) is 4.74 Å². The maximum absolute atomic E-state index is 13.3. The van der Waals surface area contributed by atoms with Crippen LogP contribution in [0.15, 0.2) is 24.3 Å². The van der Waals surface area contributed by atoms with Crippen molar-refractivity contribution in [2.45, 2.75) is 50.6 Å². The molecule has 1 aromatic carbocycles. The number of likely N-dealkylation sites (tertiary alicyclic amines) is 2. The van der Waals surface area contributed by atoms with E-state index in [0.717, 1.165) is 57.5 Å². The Balaban J connectivity index is 1.09. The molecule has 4 fully saturated rings. The van der Waals surface area contributed by atoms with Crippen LogP contribution in [0, 0.1) is 11.8 Å². The summed E-state index contributed by atoms with van der Waals surface area (Å²) in [6.45, 7) is 3.60. The molecule has 4 aliphatic rings. The third kappa shape index (κ3) is 4.79. The van der Waals surface area contributed by atoms with Crippen LogP contribution in [-0.4, -0.2) is 84.6 Å². The van der Waals surface area contributed by atoms with E-state index in [9.17, 15) is 14.4 Å². The van der Waals surface area contributed by atoms with Crippen LogP contribution in [0.1, 0.15) is 38.5 Å². The van der Waals surface area contributed by atoms with Crippen LogP contribution in [-0.2, 0) is 4.79 Å². The highest BCUT2D eigenvalue weighted by Gasteiger charge is 2.45. The van der Waals surface area contributed by atoms with Crippen LogP contribution in [0.5, 0.6) is 5.75 Å². The SMILES string of the molecule is COc1ccc(NC(=O)NC2CCN(C(=O)N3C[C@H]4C[C@H](C3)[C@H]3CCCC(=O)N3C4)CC2)cc1. The number of hydrogen-bond acceptors (Lipinski definition) is 4. The maximum atomic E-state index is 13.3. The van der Waals surface area contributed by atoms with Crippen molar-refractivity contribution in [3.63, 3.8) is 0 Å². The van der Waals surface area contributed by atoms with Crippen molar-refractivity contribution in [3.8, 4) is 5.75 Å². The molecule has 9 heteroatoms. The van der Waals surface area contributed by atoms with Gasteiger partial charge in [0.1, 0.15) is 5.75 Å². The molecule has 2 bridgehead atoms. The summed E-state index contributed by atoms with van der Waals surface area (Å²) in [6.07, 6.45) is 5.34. The van der Waals surface area contributed by atoms with Crippen molar-refractivity contribution in [3.05, 3.63) is 24.3 Å². The second kappa shape index (κ2) is 9.72. The lowest BCUT2D eigenvalue weighted by atomic mass is 9.76. The average molecular weight is 470 g/mol. The Kier molecular flexibility index (Phi) is 6.52. The first-order valence-corrected chi connectivity index (χ1v) is 12.5. The summed E-state index contributed by atoms with van der Waals surface area (Å²) >= 11 is 0. The minimum absolute atomic E-state index is 0.0462. The van der Waals surface area contributed by atoms with Crippen molar-refractivity contribution in [2.75, 3.05) is 45.2 Å². The number of methoxy groups -OCH3 is 1. The number of amides is 5. The van der Waals surface area contributed by atoms with Gasteiger partial charge < -0.3 is 30.1 Å². The second-order valence-electron chi connectivity index (χ2n) is 10.1. The van der Waals surface area contributed by atoms with Crippen LogP contribution < -0.4 is 15.4 Å². The monoisotopic (exact) mass is 469 g/mol. The molecule has 4 aliphatic heterocycles. The molecule has 0 aromatic heterocycles. The molecule has 0 saturated carbocycles. The Morgan fingerprint density at radius 1 is 1.00 bits per heavy atom. The molecule has 9 nitrogen and oxygen atoms in total. The topological polar surface area (TPSA) is 94.2 Å². The average Bonchev–Trinajstić information content (AvgIpc) is 2.85. The fourth-order valence-electron chi connectivity index (χ4n) is 6.21. The predicted octanol–water partition coefficient (Wildman–Crippen LogP) is 2.73. The molecule has 34 heavy (non-hydrogen) atoms. The zero-order chi connectivity index (χ0) is 23.7. The summed E-state index contributed by atoms with van der Waals surface area (Å²) in [4.78, 5) is 44.1. The summed E-state index contributed by atoms with van der Waals surface area (Å²) < 4.78 is 5.14. The number of nitrogens with one attached hydrogen (secondary N) is 2. The number of benzene rings is 1. The van der Waals surface area contributed by atoms with E-state index in [-0.39, 0.29) is 18.1 Å². The maximum Gasteiger partial charge on any atom is 0.320 e. The summed E-state index contributed by atoms with van der Waals surface area (Å²) in [5, 5.41) is 5.88. The fourth-order valence-corrected chi connectivity index (χ4v) is 6.21. The van der Waals surface area contributed by atoms with E-state index >= 15 is 0 Å². The molecule has 3 atom stereocenters. The quantitative estimate of drug-likeness (QED) is 0.712. The smallest absolute Gasteiger partial charge is 0.320 e. The van der Waals surface area contributed by atoms with E-state index < -0.39 is 0 Å². The zero-order valence-corrected chi connectivity index (χ0v) is 19.9. The zero-order valence-electron chi connectivity index (χ0n) is 19.9. The number of ether oxygens (including phenoxy) is 1. The largest absolute Gasteiger partial charge is 0.497 e. The first kappa shape index (κ1) is 22.8. The molecule has 2 N–H and O–H groups in total. The molecule has 5 amide bonds. The van der Waals surface area contributed by atoms with Gasteiger partial charge in [0.2, 0.25) is 5.91 Å². The van der Waals surface area contributed by atoms with E-state index in [1.165, 1.54) is 0 Å². The normalized spacial score (nSPS) is 27.1. The van der Waals surface area contributed by atoms with Crippen LogP contribution in [0.2, 0.25) is 0 Å². The standard InChI is InChI=1S/C25H35N5O4/c1-34-21-7-5-19(6-8-21)26-24(32)27-20-9-11-28(12-10-20)25(33)29-14-17-13-18(16-29)22-3-2-4-23(31)30(22)15-17/h5-8,17-18,20,22H,2-4,9-16H2,1H3,(H2,26,27,32)/t17-,18-,22-/m1/s1. The fraction of sp³-hybridized carbons (Fsp3) is 0.640. The number of hydrogen-bond donors (Lipinski definition) is 2. The Labute approximate surface area is 200 Å². The van der Waals surface area contributed by atoms with Crippen LogP contribution in [0.3, 0.4) is 0 Å². The summed E-state index contributed by atoms with van der Waals surface area (Å²) in [5.41, 5.74) is 0.708. The molecule has 0 aliphatic carbocycles. The van der Waals surface area contributed by atoms with E-state index in [1.54, 1.807) is 31.4 Å². The molecule has 5 rings (SSSR count). The van der Waals surface area contributed by atoms with Gasteiger partial charge in [0, 0.05) is 56.9 Å². The minimum atomic E-state index is -0.231. The number of carbonyl (C=O) groups is 3. The van der Waals surface area contributed by atoms with Gasteiger partial charge in [-0.15, -0.1) is 0 Å². The van der Waals surface area contributed by atoms with Crippen molar-refractivity contribution < 1.29 is 19.1 Å². The molecule has 1 aromatic rings. The summed E-state index contributed by atoms with van der Waals surface area (Å²) in [5.74, 6) is 1.84. The molecular weight excluding hydrogens is 434 g/mol. The Bertz CT molecular complexity index is 914. The van der Waals surface area contributed by atoms with Crippen molar-refractivity contribution in [1.29, 1.82) is 0 Å². The number of rotatable bonds is 3. The van der Waals surface area contributed by atoms with Gasteiger partial charge >= 0.3 is 12.1 Å². The van der Waals surface area contributed by atoms with Crippen LogP contribution in [0.25, 0.3) is 0 Å². The third-order valence-electron chi connectivity index (χ3n) is 7.90. The lowest BCUT2D eigenvalue weighted by Gasteiger charge is -2.53. The number of nitrogens with zero attached hydrogens (tertiary/aromatic N) is 3. The highest BCUT2D eigenvalue weighted by molar-refractivity contribution is 5.89. The van der Waals surface area contributed by atoms with Crippen molar-refractivity contribution in [1.82, 2.24) is 20.0 Å². The van der Waals surface area contributed by atoms with Crippen molar-refractivity contribution in [2.24, 2.45) is 11.8 Å². The Morgan fingerprint density at radius 2 is 1.76 bits per heavy atom.